The van der Waals surface area contributed by atoms with E-state index in [1.165, 1.54) is 0 Å². The molecule has 108 valence electrons. The molecule has 1 saturated heterocycles. The summed E-state index contributed by atoms with van der Waals surface area (Å²) in [4.78, 5) is 2.52. The smallest absolute Gasteiger partial charge is 0.201 e. The van der Waals surface area contributed by atoms with Gasteiger partial charge in [-0.1, -0.05) is 22.8 Å². The lowest BCUT2D eigenvalue weighted by atomic mass is 10.5. The monoisotopic (exact) mass is 341 g/mol. The Morgan fingerprint density at radius 1 is 0.895 bits per heavy atom. The quantitative estimate of drug-likeness (QED) is 0.471. The number of alkyl halides is 6. The van der Waals surface area contributed by atoms with Crippen molar-refractivity contribution in [3.8, 4) is 0 Å². The van der Waals surface area contributed by atoms with Gasteiger partial charge in [0.2, 0.25) is 11.7 Å². The van der Waals surface area contributed by atoms with E-state index < -0.39 is 29.6 Å². The molecule has 2 aliphatic heterocycles. The van der Waals surface area contributed by atoms with E-state index in [4.69, 9.17) is 0 Å². The third-order valence-corrected chi connectivity index (χ3v) is 10.5. The van der Waals surface area contributed by atoms with Crippen LogP contribution in [0.4, 0.5) is 26.3 Å². The predicted octanol–water partition coefficient (Wildman–Crippen LogP) is 4.74. The standard InChI is InChI=1S/C7H6F6N3PS2/c8-6(9,10)4-14-5(7(11,12)13)16-17(15-4)18-2-1-3-19-17/h1-3H2. The van der Waals surface area contributed by atoms with Gasteiger partial charge in [-0.3, -0.25) is 0 Å². The van der Waals surface area contributed by atoms with Crippen LogP contribution in [0.5, 0.6) is 0 Å². The number of aliphatic imine (C=N–C) groups is 1. The first-order chi connectivity index (χ1) is 8.62. The Morgan fingerprint density at radius 2 is 1.42 bits per heavy atom. The summed E-state index contributed by atoms with van der Waals surface area (Å²) >= 11 is 1.93. The Kier molecular flexibility index (Phi) is 4.01. The van der Waals surface area contributed by atoms with Crippen molar-refractivity contribution < 1.29 is 26.3 Å². The minimum absolute atomic E-state index is 0.448. The van der Waals surface area contributed by atoms with Crippen LogP contribution < -0.4 is 0 Å². The molecule has 0 amide bonds. The van der Waals surface area contributed by atoms with Gasteiger partial charge in [0.25, 0.3) is 0 Å². The maximum atomic E-state index is 12.6. The Balaban J connectivity index is 2.52. The van der Waals surface area contributed by atoms with E-state index in [1.807, 2.05) is 0 Å². The summed E-state index contributed by atoms with van der Waals surface area (Å²) in [5.41, 5.74) is -3.11. The largest absolute Gasteiger partial charge is 0.451 e. The van der Waals surface area contributed by atoms with Crippen molar-refractivity contribution in [1.82, 2.24) is 0 Å². The lowest BCUT2D eigenvalue weighted by Gasteiger charge is -2.26. The maximum absolute atomic E-state index is 12.6. The van der Waals surface area contributed by atoms with Crippen LogP contribution in [-0.2, 0) is 0 Å². The lowest BCUT2D eigenvalue weighted by molar-refractivity contribution is -0.0632. The van der Waals surface area contributed by atoms with Crippen LogP contribution in [-0.4, -0.2) is 35.5 Å². The summed E-state index contributed by atoms with van der Waals surface area (Å²) < 4.78 is 82.3. The summed E-state index contributed by atoms with van der Waals surface area (Å²) in [5, 5.41) is 0. The van der Waals surface area contributed by atoms with Gasteiger partial charge >= 0.3 is 12.4 Å². The Hall–Kier alpha value is -0.150. The molecule has 0 atom stereocenters. The number of amidine groups is 2. The first-order valence-electron chi connectivity index (χ1n) is 4.87. The zero-order chi connectivity index (χ0) is 14.3. The van der Waals surface area contributed by atoms with Gasteiger partial charge in [-0.2, -0.15) is 26.3 Å². The zero-order valence-electron chi connectivity index (χ0n) is 8.99. The van der Waals surface area contributed by atoms with Gasteiger partial charge in [-0.25, -0.2) is 14.5 Å². The molecule has 3 nitrogen and oxygen atoms in total. The molecule has 0 aromatic rings. The molecular weight excluding hydrogens is 335 g/mol. The summed E-state index contributed by atoms with van der Waals surface area (Å²) in [5.74, 6) is -2.57. The summed E-state index contributed by atoms with van der Waals surface area (Å²) in [7, 11) is 0. The van der Waals surface area contributed by atoms with E-state index in [9.17, 15) is 26.3 Å². The van der Waals surface area contributed by atoms with Crippen molar-refractivity contribution in [2.24, 2.45) is 14.5 Å². The van der Waals surface area contributed by atoms with E-state index in [-0.39, 0.29) is 0 Å². The van der Waals surface area contributed by atoms with Crippen LogP contribution in [0.2, 0.25) is 0 Å². The van der Waals surface area contributed by atoms with Gasteiger partial charge < -0.3 is 0 Å². The van der Waals surface area contributed by atoms with Gasteiger partial charge in [0, 0.05) is 11.5 Å². The van der Waals surface area contributed by atoms with Crippen molar-refractivity contribution in [2.45, 2.75) is 18.8 Å². The maximum Gasteiger partial charge on any atom is 0.451 e. The SMILES string of the molecule is FC(F)(F)C1=NC(C(F)(F)F)=NP2(=N1)SCCCS2. The van der Waals surface area contributed by atoms with E-state index in [2.05, 4.69) is 14.5 Å². The van der Waals surface area contributed by atoms with Gasteiger partial charge in [0.1, 0.15) is 0 Å². The second-order valence-corrected chi connectivity index (χ2v) is 11.5. The van der Waals surface area contributed by atoms with Gasteiger partial charge in [0.15, 0.2) is 5.61 Å². The van der Waals surface area contributed by atoms with Crippen molar-refractivity contribution >= 4 is 40.0 Å². The number of rotatable bonds is 0. The Labute approximate surface area is 111 Å². The molecule has 0 radical (unpaired) electrons. The van der Waals surface area contributed by atoms with Crippen LogP contribution in [0.25, 0.3) is 0 Å². The fourth-order valence-electron chi connectivity index (χ4n) is 1.23. The molecule has 0 unspecified atom stereocenters. The van der Waals surface area contributed by atoms with Crippen LogP contribution in [0.3, 0.4) is 0 Å². The fraction of sp³-hybridized carbons (Fsp3) is 0.714. The molecule has 0 aromatic carbocycles. The minimum Gasteiger partial charge on any atom is -0.201 e. The number of hydrogen-bond donors (Lipinski definition) is 0. The van der Waals surface area contributed by atoms with Crippen molar-refractivity contribution in [3.63, 3.8) is 0 Å². The average molecular weight is 341 g/mol. The molecular formula is C7H6F6N3PS2. The van der Waals surface area contributed by atoms with Crippen LogP contribution >= 0.6 is 28.4 Å². The highest BCUT2D eigenvalue weighted by Gasteiger charge is 2.47. The second kappa shape index (κ2) is 5.00. The third kappa shape index (κ3) is 3.49. The first-order valence-corrected chi connectivity index (χ1v) is 9.75. The first kappa shape index (κ1) is 15.2. The number of nitrogens with zero attached hydrogens (tertiary/aromatic N) is 3. The van der Waals surface area contributed by atoms with Crippen molar-refractivity contribution in [1.29, 1.82) is 0 Å². The zero-order valence-corrected chi connectivity index (χ0v) is 11.5. The molecule has 2 aliphatic rings. The normalized spacial score (nSPS) is 23.7. The number of halogens is 6. The summed E-state index contributed by atoms with van der Waals surface area (Å²) in [6.07, 6.45) is -9.29. The molecule has 0 N–H and O–H groups in total. The highest BCUT2D eigenvalue weighted by molar-refractivity contribution is 8.91. The van der Waals surface area contributed by atoms with Gasteiger partial charge in [-0.05, 0) is 6.42 Å². The average Bonchev–Trinajstić information content (AvgIpc) is 2.27. The van der Waals surface area contributed by atoms with E-state index in [1.54, 1.807) is 0 Å². The molecule has 19 heavy (non-hydrogen) atoms. The van der Waals surface area contributed by atoms with E-state index >= 15 is 0 Å². The molecule has 2 rings (SSSR count). The van der Waals surface area contributed by atoms with Crippen LogP contribution in [0.1, 0.15) is 6.42 Å². The molecule has 12 heteroatoms. The highest BCUT2D eigenvalue weighted by atomic mass is 33.1. The molecule has 1 fully saturated rings. The van der Waals surface area contributed by atoms with Crippen LogP contribution in [0, 0.1) is 0 Å². The topological polar surface area (TPSA) is 37.1 Å². The third-order valence-electron chi connectivity index (χ3n) is 1.97. The van der Waals surface area contributed by atoms with Gasteiger partial charge in [-0.15, -0.1) is 0 Å². The second-order valence-electron chi connectivity index (χ2n) is 3.47. The molecule has 1 spiro atoms. The fourth-order valence-corrected chi connectivity index (χ4v) is 9.63. The molecule has 0 bridgehead atoms. The molecule has 2 heterocycles. The lowest BCUT2D eigenvalue weighted by Crippen LogP contribution is -2.29. The molecule has 0 aliphatic carbocycles. The molecule has 0 saturated carbocycles. The van der Waals surface area contributed by atoms with Crippen molar-refractivity contribution in [3.05, 3.63) is 0 Å². The van der Waals surface area contributed by atoms with Gasteiger partial charge in [0.05, 0.1) is 0 Å². The Bertz CT molecular complexity index is 469. The predicted molar refractivity (Wildman–Crippen MR) is 65.9 cm³/mol. The van der Waals surface area contributed by atoms with Crippen LogP contribution in [0.15, 0.2) is 14.5 Å². The van der Waals surface area contributed by atoms with E-state index in [0.29, 0.717) is 17.9 Å². The number of hydrogen-bond acceptors (Lipinski definition) is 5. The van der Waals surface area contributed by atoms with E-state index in [0.717, 1.165) is 22.8 Å². The molecule has 0 aromatic heterocycles. The summed E-state index contributed by atoms with van der Waals surface area (Å²) in [6, 6.07) is 0. The minimum atomic E-state index is -5.00. The highest BCUT2D eigenvalue weighted by Crippen LogP contribution is 2.76. The van der Waals surface area contributed by atoms with Crippen molar-refractivity contribution in [2.75, 3.05) is 11.5 Å². The Morgan fingerprint density at radius 3 is 1.89 bits per heavy atom. The summed E-state index contributed by atoms with van der Waals surface area (Å²) in [6.45, 7) is 0.